The quantitative estimate of drug-likeness (QED) is 0.342. The van der Waals surface area contributed by atoms with Gasteiger partial charge in [0.25, 0.3) is 5.91 Å². The van der Waals surface area contributed by atoms with Crippen LogP contribution in [0.1, 0.15) is 58.8 Å². The fourth-order valence-electron chi connectivity index (χ4n) is 6.08. The van der Waals surface area contributed by atoms with E-state index in [1.807, 2.05) is 4.90 Å². The lowest BCUT2D eigenvalue weighted by Gasteiger charge is -2.43. The summed E-state index contributed by atoms with van der Waals surface area (Å²) in [6.45, 7) is 3.40. The van der Waals surface area contributed by atoms with Gasteiger partial charge in [0.2, 0.25) is 5.91 Å². The van der Waals surface area contributed by atoms with E-state index in [0.29, 0.717) is 62.5 Å². The fourth-order valence-corrected chi connectivity index (χ4v) is 6.96. The van der Waals surface area contributed by atoms with Gasteiger partial charge in [0.15, 0.2) is 9.84 Å². The minimum atomic E-state index is -4.43. The summed E-state index contributed by atoms with van der Waals surface area (Å²) in [6, 6.07) is 16.6. The number of alkyl halides is 3. The predicted octanol–water partition coefficient (Wildman–Crippen LogP) is 4.57. The van der Waals surface area contributed by atoms with Gasteiger partial charge in [0, 0.05) is 36.8 Å². The van der Waals surface area contributed by atoms with Gasteiger partial charge >= 0.3 is 6.18 Å². The zero-order valence-corrected chi connectivity index (χ0v) is 26.8. The van der Waals surface area contributed by atoms with E-state index in [1.165, 1.54) is 24.3 Å². The van der Waals surface area contributed by atoms with Crippen molar-refractivity contribution in [3.8, 4) is 0 Å². The van der Waals surface area contributed by atoms with Gasteiger partial charge in [-0.05, 0) is 72.5 Å². The average Bonchev–Trinajstić information content (AvgIpc) is 3.10. The number of amides is 2. The van der Waals surface area contributed by atoms with Gasteiger partial charge in [-0.3, -0.25) is 9.59 Å². The summed E-state index contributed by atoms with van der Waals surface area (Å²) in [5.41, 5.74) is 1.58. The lowest BCUT2D eigenvalue weighted by Crippen LogP contribution is -2.54. The highest BCUT2D eigenvalue weighted by molar-refractivity contribution is 7.91. The van der Waals surface area contributed by atoms with Crippen LogP contribution < -0.4 is 10.2 Å². The summed E-state index contributed by atoms with van der Waals surface area (Å²) >= 11 is 0. The number of nitrogens with zero attached hydrogens (tertiary/aromatic N) is 2. The highest BCUT2D eigenvalue weighted by Crippen LogP contribution is 2.36. The lowest BCUT2D eigenvalue weighted by atomic mass is 9.86. The number of anilines is 1. The molecule has 13 heteroatoms. The zero-order valence-electron chi connectivity index (χ0n) is 25.9. The first-order valence-electron chi connectivity index (χ1n) is 15.6. The van der Waals surface area contributed by atoms with Crippen molar-refractivity contribution >= 4 is 27.3 Å². The van der Waals surface area contributed by atoms with E-state index in [0.717, 1.165) is 17.7 Å². The Morgan fingerprint density at radius 1 is 0.957 bits per heavy atom. The van der Waals surface area contributed by atoms with Gasteiger partial charge in [-0.2, -0.15) is 13.2 Å². The number of aliphatic hydroxyl groups is 1. The molecule has 1 unspecified atom stereocenters. The van der Waals surface area contributed by atoms with Gasteiger partial charge in [-0.25, -0.2) is 8.42 Å². The smallest absolute Gasteiger partial charge is 0.394 e. The molecule has 3 aromatic carbocycles. The van der Waals surface area contributed by atoms with Crippen LogP contribution in [0.4, 0.5) is 18.9 Å². The molecule has 2 amide bonds. The molecule has 0 spiro atoms. The number of ether oxygens (including phenoxy) is 1. The topological polar surface area (TPSA) is 116 Å². The first-order chi connectivity index (χ1) is 22.4. The van der Waals surface area contributed by atoms with Crippen molar-refractivity contribution in [2.45, 2.75) is 48.8 Å². The largest absolute Gasteiger partial charge is 0.416 e. The number of rotatable bonds is 9. The monoisotopic (exact) mass is 673 g/mol. The molecule has 0 saturated carbocycles. The molecule has 2 aliphatic heterocycles. The molecule has 2 aliphatic rings. The Balaban J connectivity index is 1.34. The molecule has 2 N–H and O–H groups in total. The van der Waals surface area contributed by atoms with E-state index in [4.69, 9.17) is 4.74 Å². The minimum Gasteiger partial charge on any atom is -0.394 e. The molecule has 3 atom stereocenters. The second-order valence-corrected chi connectivity index (χ2v) is 14.0. The molecule has 0 bridgehead atoms. The summed E-state index contributed by atoms with van der Waals surface area (Å²) in [6.07, 6.45) is -3.31. The average molecular weight is 674 g/mol. The third-order valence-corrected chi connectivity index (χ3v) is 10.6. The molecule has 5 rings (SSSR count). The molecule has 0 aromatic heterocycles. The Bertz CT molecular complexity index is 1640. The van der Waals surface area contributed by atoms with Crippen LogP contribution in [0.2, 0.25) is 0 Å². The Morgan fingerprint density at radius 2 is 1.60 bits per heavy atom. The standard InChI is InChI=1S/C34H38F3N3O6S/c1-2-47(44,45)29-14-7-24(8-15-29)30(22-41)38-32(42)25-5-12-28(13-6-25)40-21-26(23-3-10-27(11-4-23)34(35,36)37)9-16-31(40)33(43)39-17-19-46-20-18-39/h3-8,10-15,26,30-31,41H,2,9,16-22H2,1H3,(H,38,42)/t26?,30-,31-/m0/s1. The maximum atomic E-state index is 13.7. The van der Waals surface area contributed by atoms with Crippen molar-refractivity contribution in [3.63, 3.8) is 0 Å². The minimum absolute atomic E-state index is 0.0375. The first-order valence-corrected chi connectivity index (χ1v) is 17.2. The Morgan fingerprint density at radius 3 is 2.17 bits per heavy atom. The van der Waals surface area contributed by atoms with Crippen molar-refractivity contribution in [3.05, 3.63) is 95.1 Å². The van der Waals surface area contributed by atoms with Gasteiger partial charge in [-0.1, -0.05) is 31.2 Å². The van der Waals surface area contributed by atoms with Crippen LogP contribution in [0.3, 0.4) is 0 Å². The van der Waals surface area contributed by atoms with Crippen LogP contribution in [0.15, 0.2) is 77.7 Å². The van der Waals surface area contributed by atoms with E-state index in [1.54, 1.807) is 48.2 Å². The summed E-state index contributed by atoms with van der Waals surface area (Å²) in [5.74, 6) is -0.650. The molecular weight excluding hydrogens is 635 g/mol. The summed E-state index contributed by atoms with van der Waals surface area (Å²) in [5, 5.41) is 12.8. The molecule has 0 radical (unpaired) electrons. The zero-order chi connectivity index (χ0) is 33.8. The SMILES string of the molecule is CCS(=O)(=O)c1ccc([C@H](CO)NC(=O)c2ccc(N3CC(c4ccc(C(F)(F)F)cc4)CC[C@H]3C(=O)N3CCOCC3)cc2)cc1. The number of benzene rings is 3. The first kappa shape index (κ1) is 34.4. The highest BCUT2D eigenvalue weighted by Gasteiger charge is 2.37. The maximum Gasteiger partial charge on any atom is 0.416 e. The molecule has 0 aliphatic carbocycles. The van der Waals surface area contributed by atoms with Crippen molar-refractivity contribution in [2.24, 2.45) is 0 Å². The third kappa shape index (κ3) is 7.96. The van der Waals surface area contributed by atoms with Crippen LogP contribution >= 0.6 is 0 Å². The number of hydrogen-bond donors (Lipinski definition) is 2. The highest BCUT2D eigenvalue weighted by atomic mass is 32.2. The number of sulfone groups is 1. The second-order valence-electron chi connectivity index (χ2n) is 11.7. The van der Waals surface area contributed by atoms with E-state index in [2.05, 4.69) is 5.32 Å². The molecule has 9 nitrogen and oxygen atoms in total. The fraction of sp³-hybridized carbons (Fsp3) is 0.412. The number of carbonyl (C=O) groups excluding carboxylic acids is 2. The van der Waals surface area contributed by atoms with E-state index >= 15 is 0 Å². The van der Waals surface area contributed by atoms with Crippen LogP contribution in [-0.2, 0) is 25.5 Å². The number of hydrogen-bond acceptors (Lipinski definition) is 7. The number of halogens is 3. The molecule has 252 valence electrons. The van der Waals surface area contributed by atoms with Crippen molar-refractivity contribution in [2.75, 3.05) is 50.1 Å². The molecule has 47 heavy (non-hydrogen) atoms. The normalized spacial score (nSPS) is 19.7. The van der Waals surface area contributed by atoms with E-state index in [9.17, 15) is 36.3 Å². The molecule has 2 heterocycles. The number of piperidine rings is 1. The van der Waals surface area contributed by atoms with Crippen molar-refractivity contribution in [1.29, 1.82) is 0 Å². The predicted molar refractivity (Wildman–Crippen MR) is 170 cm³/mol. The Labute approximate surface area is 272 Å². The summed E-state index contributed by atoms with van der Waals surface area (Å²) in [4.78, 5) is 30.8. The lowest BCUT2D eigenvalue weighted by molar-refractivity contribution is -0.138. The van der Waals surface area contributed by atoms with Gasteiger partial charge in [0.1, 0.15) is 6.04 Å². The number of aliphatic hydroxyl groups excluding tert-OH is 1. The van der Waals surface area contributed by atoms with Crippen LogP contribution in [-0.4, -0.2) is 81.5 Å². The van der Waals surface area contributed by atoms with Crippen LogP contribution in [0.5, 0.6) is 0 Å². The second kappa shape index (κ2) is 14.4. The Kier molecular flexibility index (Phi) is 10.6. The molecular formula is C34H38F3N3O6S. The number of morpholine rings is 1. The third-order valence-electron chi connectivity index (χ3n) is 8.87. The number of carbonyl (C=O) groups is 2. The summed E-state index contributed by atoms with van der Waals surface area (Å²) in [7, 11) is -3.39. The molecule has 2 saturated heterocycles. The van der Waals surface area contributed by atoms with Crippen molar-refractivity contribution in [1.82, 2.24) is 10.2 Å². The van der Waals surface area contributed by atoms with Gasteiger partial charge in [-0.15, -0.1) is 0 Å². The van der Waals surface area contributed by atoms with Gasteiger partial charge < -0.3 is 25.0 Å². The van der Waals surface area contributed by atoms with Crippen LogP contribution in [0, 0.1) is 0 Å². The molecule has 2 fully saturated rings. The van der Waals surface area contributed by atoms with Crippen LogP contribution in [0.25, 0.3) is 0 Å². The van der Waals surface area contributed by atoms with E-state index in [-0.39, 0.29) is 22.5 Å². The number of nitrogens with one attached hydrogen (secondary N) is 1. The molecule has 3 aromatic rings. The van der Waals surface area contributed by atoms with Crippen molar-refractivity contribution < 1.29 is 41.0 Å². The van der Waals surface area contributed by atoms with Gasteiger partial charge in [0.05, 0.1) is 42.1 Å². The maximum absolute atomic E-state index is 13.7. The summed E-state index contributed by atoms with van der Waals surface area (Å²) < 4.78 is 69.2. The Hall–Kier alpha value is -3.94. The van der Waals surface area contributed by atoms with E-state index < -0.39 is 46.2 Å².